The highest BCUT2D eigenvalue weighted by Crippen LogP contribution is 2.39. The van der Waals surface area contributed by atoms with Crippen LogP contribution in [-0.4, -0.2) is 46.8 Å². The second kappa shape index (κ2) is 9.34. The number of anilines is 2. The minimum absolute atomic E-state index is 0.140. The zero-order chi connectivity index (χ0) is 25.4. The molecular formula is C28H29N5O3. The highest BCUT2D eigenvalue weighted by Gasteiger charge is 2.35. The zero-order valence-corrected chi connectivity index (χ0v) is 20.7. The topological polar surface area (TPSA) is 111 Å². The second-order valence-electron chi connectivity index (χ2n) is 9.95. The van der Waals surface area contributed by atoms with E-state index in [9.17, 15) is 15.2 Å². The van der Waals surface area contributed by atoms with Crippen LogP contribution >= 0.6 is 0 Å². The van der Waals surface area contributed by atoms with E-state index < -0.39 is 11.5 Å². The van der Waals surface area contributed by atoms with Gasteiger partial charge >= 0.3 is 0 Å². The average Bonchev–Trinajstić information content (AvgIpc) is 2.89. The monoisotopic (exact) mass is 483 g/mol. The smallest absolute Gasteiger partial charge is 0.255 e. The number of nitrogens with one attached hydrogen (secondary N) is 1. The summed E-state index contributed by atoms with van der Waals surface area (Å²) >= 11 is 0. The molecule has 3 aromatic rings. The van der Waals surface area contributed by atoms with Gasteiger partial charge in [0.15, 0.2) is 0 Å². The predicted molar refractivity (Wildman–Crippen MR) is 137 cm³/mol. The quantitative estimate of drug-likeness (QED) is 0.573. The first-order chi connectivity index (χ1) is 17.3. The lowest BCUT2D eigenvalue weighted by atomic mass is 9.90. The first-order valence-corrected chi connectivity index (χ1v) is 12.1. The number of aliphatic hydroxyl groups excluding tert-OH is 1. The lowest BCUT2D eigenvalue weighted by Gasteiger charge is -2.43. The minimum atomic E-state index is -0.792. The normalized spacial score (nSPS) is 19.1. The second-order valence-corrected chi connectivity index (χ2v) is 9.95. The summed E-state index contributed by atoms with van der Waals surface area (Å²) in [5, 5.41) is 23.0. The van der Waals surface area contributed by atoms with Crippen molar-refractivity contribution in [2.24, 2.45) is 0 Å². The van der Waals surface area contributed by atoms with Crippen LogP contribution in [0.4, 0.5) is 11.4 Å². The fourth-order valence-electron chi connectivity index (χ4n) is 4.82. The Morgan fingerprint density at radius 3 is 2.89 bits per heavy atom. The number of carbonyl (C=O) groups excluding carboxylic acids is 1. The van der Waals surface area contributed by atoms with Crippen LogP contribution in [0, 0.1) is 18.3 Å². The summed E-state index contributed by atoms with van der Waals surface area (Å²) in [4.78, 5) is 24.2. The summed E-state index contributed by atoms with van der Waals surface area (Å²) in [6.45, 7) is 7.58. The third kappa shape index (κ3) is 4.43. The number of aryl methyl sites for hydroxylation is 1. The summed E-state index contributed by atoms with van der Waals surface area (Å²) < 4.78 is 5.62. The maximum absolute atomic E-state index is 13.0. The number of amides is 1. The van der Waals surface area contributed by atoms with E-state index in [4.69, 9.17) is 4.74 Å². The number of benzene rings is 1. The van der Waals surface area contributed by atoms with Gasteiger partial charge in [-0.3, -0.25) is 14.8 Å². The van der Waals surface area contributed by atoms with Crippen molar-refractivity contribution in [3.05, 3.63) is 71.3 Å². The largest absolute Gasteiger partial charge is 0.387 e. The first kappa shape index (κ1) is 23.9. The van der Waals surface area contributed by atoms with Crippen LogP contribution < -0.4 is 10.2 Å². The number of morpholine rings is 1. The van der Waals surface area contributed by atoms with Crippen LogP contribution in [0.3, 0.4) is 0 Å². The number of hydrogen-bond donors (Lipinski definition) is 2. The van der Waals surface area contributed by atoms with Gasteiger partial charge in [-0.1, -0.05) is 6.07 Å². The van der Waals surface area contributed by atoms with Crippen molar-refractivity contribution >= 4 is 17.3 Å². The molecule has 0 bridgehead atoms. The molecule has 0 radical (unpaired) electrons. The van der Waals surface area contributed by atoms with E-state index in [0.29, 0.717) is 42.3 Å². The number of rotatable bonds is 4. The van der Waals surface area contributed by atoms with Gasteiger partial charge in [-0.25, -0.2) is 0 Å². The van der Waals surface area contributed by atoms with Gasteiger partial charge in [-0.15, -0.1) is 0 Å². The molecule has 8 heteroatoms. The minimum Gasteiger partial charge on any atom is -0.387 e. The predicted octanol–water partition coefficient (Wildman–Crippen LogP) is 4.15. The highest BCUT2D eigenvalue weighted by molar-refractivity contribution is 6.04. The molecule has 2 atom stereocenters. The summed E-state index contributed by atoms with van der Waals surface area (Å²) in [6, 6.07) is 13.5. The van der Waals surface area contributed by atoms with Crippen LogP contribution in [0.15, 0.2) is 48.8 Å². The van der Waals surface area contributed by atoms with Crippen LogP contribution in [0.5, 0.6) is 0 Å². The maximum Gasteiger partial charge on any atom is 0.255 e. The van der Waals surface area contributed by atoms with Crippen LogP contribution in [-0.2, 0) is 10.2 Å². The molecule has 2 N–H and O–H groups in total. The van der Waals surface area contributed by atoms with Gasteiger partial charge in [-0.2, -0.15) is 5.26 Å². The Morgan fingerprint density at radius 2 is 2.08 bits per heavy atom. The van der Waals surface area contributed by atoms with Crippen molar-refractivity contribution in [1.82, 2.24) is 9.97 Å². The number of pyridine rings is 2. The van der Waals surface area contributed by atoms with E-state index in [0.717, 1.165) is 28.9 Å². The molecule has 8 nitrogen and oxygen atoms in total. The molecular weight excluding hydrogens is 454 g/mol. The number of carbonyl (C=O) groups is 1. The molecule has 2 aromatic heterocycles. The van der Waals surface area contributed by atoms with E-state index in [1.54, 1.807) is 38.4 Å². The van der Waals surface area contributed by atoms with E-state index in [1.807, 2.05) is 25.1 Å². The summed E-state index contributed by atoms with van der Waals surface area (Å²) in [7, 11) is 0. The van der Waals surface area contributed by atoms with Crippen LogP contribution in [0.1, 0.15) is 53.7 Å². The van der Waals surface area contributed by atoms with E-state index in [1.165, 1.54) is 0 Å². The Labute approximate surface area is 210 Å². The summed E-state index contributed by atoms with van der Waals surface area (Å²) in [5.41, 5.74) is 5.41. The zero-order valence-electron chi connectivity index (χ0n) is 20.7. The van der Waals surface area contributed by atoms with Gasteiger partial charge in [-0.05, 0) is 62.2 Å². The van der Waals surface area contributed by atoms with Crippen LogP contribution in [0.2, 0.25) is 0 Å². The van der Waals surface area contributed by atoms with Crippen LogP contribution in [0.25, 0.3) is 11.1 Å². The summed E-state index contributed by atoms with van der Waals surface area (Å²) in [5.74, 6) is -0.273. The lowest BCUT2D eigenvalue weighted by Crippen LogP contribution is -2.49. The number of aromatic nitrogens is 2. The van der Waals surface area contributed by atoms with E-state index in [-0.39, 0.29) is 11.9 Å². The fraction of sp³-hybridized carbons (Fsp3) is 0.357. The van der Waals surface area contributed by atoms with Gasteiger partial charge in [0.1, 0.15) is 6.10 Å². The Bertz CT molecular complexity index is 1360. The van der Waals surface area contributed by atoms with Crippen molar-refractivity contribution in [2.75, 3.05) is 30.0 Å². The first-order valence-electron chi connectivity index (χ1n) is 12.1. The number of ether oxygens (including phenoxy) is 1. The molecule has 0 saturated carbocycles. The third-order valence-electron chi connectivity index (χ3n) is 6.99. The number of fused-ring (bicyclic) bond motifs is 3. The molecule has 4 heterocycles. The van der Waals surface area contributed by atoms with Crippen molar-refractivity contribution in [1.29, 1.82) is 5.26 Å². The lowest BCUT2D eigenvalue weighted by molar-refractivity contribution is 0.0597. The standard InChI is InChI=1S/C28H29N5O3/c1-17-4-5-20(32-27(35)18-6-7-30-25(11-18)28(2,3)16-29)12-22(17)19-10-23-26(31-14-19)24(34)13-21-15-36-9-8-33(21)23/h4-7,10-12,14,21,24,34H,8-9,13,15H2,1-3H3,(H,32,35). The maximum atomic E-state index is 13.0. The third-order valence-corrected chi connectivity index (χ3v) is 6.99. The SMILES string of the molecule is Cc1ccc(NC(=O)c2ccnc(C(C)(C)C#N)c2)cc1-c1cnc2c(c1)N1CCOCC1CC2O. The molecule has 184 valence electrons. The van der Waals surface area contributed by atoms with Gasteiger partial charge in [0.05, 0.1) is 47.8 Å². The van der Waals surface area contributed by atoms with E-state index in [2.05, 4.69) is 32.3 Å². The molecule has 0 aliphatic carbocycles. The molecule has 2 unspecified atom stereocenters. The summed E-state index contributed by atoms with van der Waals surface area (Å²) in [6.07, 6.45) is 3.34. The molecule has 1 amide bonds. The van der Waals surface area contributed by atoms with Crippen molar-refractivity contribution in [3.63, 3.8) is 0 Å². The number of nitriles is 1. The Kier molecular flexibility index (Phi) is 6.20. The number of nitrogens with zero attached hydrogens (tertiary/aromatic N) is 4. The molecule has 36 heavy (non-hydrogen) atoms. The Balaban J connectivity index is 1.44. The molecule has 1 aromatic carbocycles. The Morgan fingerprint density at radius 1 is 1.25 bits per heavy atom. The van der Waals surface area contributed by atoms with Crippen molar-refractivity contribution in [3.8, 4) is 17.2 Å². The number of aliphatic hydroxyl groups is 1. The highest BCUT2D eigenvalue weighted by atomic mass is 16.5. The molecule has 1 fully saturated rings. The van der Waals surface area contributed by atoms with Crippen molar-refractivity contribution < 1.29 is 14.6 Å². The van der Waals surface area contributed by atoms with E-state index >= 15 is 0 Å². The molecule has 1 saturated heterocycles. The van der Waals surface area contributed by atoms with Gasteiger partial charge in [0.25, 0.3) is 5.91 Å². The fourth-order valence-corrected chi connectivity index (χ4v) is 4.82. The average molecular weight is 484 g/mol. The van der Waals surface area contributed by atoms with Crippen molar-refractivity contribution in [2.45, 2.75) is 44.8 Å². The van der Waals surface area contributed by atoms with Gasteiger partial charge < -0.3 is 20.1 Å². The molecule has 0 spiro atoms. The van der Waals surface area contributed by atoms with Gasteiger partial charge in [0, 0.05) is 42.2 Å². The molecule has 5 rings (SSSR count). The molecule has 2 aliphatic heterocycles. The van der Waals surface area contributed by atoms with Gasteiger partial charge in [0.2, 0.25) is 0 Å². The molecule has 2 aliphatic rings. The number of hydrogen-bond acceptors (Lipinski definition) is 7. The Hall–Kier alpha value is -3.80.